The van der Waals surface area contributed by atoms with Crippen molar-refractivity contribution in [2.45, 2.75) is 32.9 Å². The van der Waals surface area contributed by atoms with E-state index in [0.29, 0.717) is 13.2 Å². The molecule has 1 aliphatic rings. The Labute approximate surface area is 117 Å². The lowest BCUT2D eigenvalue weighted by Crippen LogP contribution is -2.44. The van der Waals surface area contributed by atoms with Crippen molar-refractivity contribution >= 4 is 17.3 Å². The van der Waals surface area contributed by atoms with Crippen LogP contribution >= 0.6 is 11.3 Å². The Morgan fingerprint density at radius 1 is 1.68 bits per heavy atom. The van der Waals surface area contributed by atoms with Gasteiger partial charge in [-0.2, -0.15) is 0 Å². The zero-order chi connectivity index (χ0) is 14.0. The van der Waals surface area contributed by atoms with Crippen LogP contribution in [-0.4, -0.2) is 46.8 Å². The van der Waals surface area contributed by atoms with Crippen LogP contribution in [0.3, 0.4) is 0 Å². The normalized spacial score (nSPS) is 24.8. The molecular formula is C13H20N2O3S. The number of ether oxygens (including phenoxy) is 1. The van der Waals surface area contributed by atoms with Crippen LogP contribution in [0.1, 0.15) is 30.6 Å². The SMILES string of the molecule is CCN(C(C)c1csc(C)n1)C1COCC1C(=O)O. The number of thiazole rings is 1. The van der Waals surface area contributed by atoms with Crippen molar-refractivity contribution in [2.75, 3.05) is 19.8 Å². The van der Waals surface area contributed by atoms with Crippen LogP contribution in [0.25, 0.3) is 0 Å². The fourth-order valence-electron chi connectivity index (χ4n) is 2.64. The predicted octanol–water partition coefficient (Wildman–Crippen LogP) is 1.93. The lowest BCUT2D eigenvalue weighted by atomic mass is 10.00. The Bertz CT molecular complexity index is 449. The first-order valence-electron chi connectivity index (χ1n) is 6.53. The quantitative estimate of drug-likeness (QED) is 0.895. The summed E-state index contributed by atoms with van der Waals surface area (Å²) >= 11 is 1.62. The number of hydrogen-bond donors (Lipinski definition) is 1. The van der Waals surface area contributed by atoms with E-state index >= 15 is 0 Å². The number of rotatable bonds is 5. The van der Waals surface area contributed by atoms with Crippen LogP contribution in [0.5, 0.6) is 0 Å². The first-order valence-corrected chi connectivity index (χ1v) is 7.40. The van der Waals surface area contributed by atoms with E-state index < -0.39 is 11.9 Å². The van der Waals surface area contributed by atoms with Gasteiger partial charge < -0.3 is 9.84 Å². The number of aromatic nitrogens is 1. The van der Waals surface area contributed by atoms with Crippen molar-refractivity contribution in [3.05, 3.63) is 16.1 Å². The molecule has 0 aliphatic carbocycles. The molecule has 0 saturated carbocycles. The minimum absolute atomic E-state index is 0.0699. The number of aryl methyl sites for hydroxylation is 1. The van der Waals surface area contributed by atoms with Crippen LogP contribution < -0.4 is 0 Å². The summed E-state index contributed by atoms with van der Waals surface area (Å²) in [6, 6.07) is 0.0445. The summed E-state index contributed by atoms with van der Waals surface area (Å²) < 4.78 is 5.36. The van der Waals surface area contributed by atoms with Gasteiger partial charge in [0.1, 0.15) is 0 Å². The number of hydrogen-bond acceptors (Lipinski definition) is 5. The van der Waals surface area contributed by atoms with E-state index in [4.69, 9.17) is 4.74 Å². The van der Waals surface area contributed by atoms with Gasteiger partial charge in [0.2, 0.25) is 0 Å². The maximum absolute atomic E-state index is 11.3. The molecule has 0 aromatic carbocycles. The molecule has 3 unspecified atom stereocenters. The van der Waals surface area contributed by atoms with Crippen molar-refractivity contribution in [3.8, 4) is 0 Å². The molecular weight excluding hydrogens is 264 g/mol. The third-order valence-corrected chi connectivity index (χ3v) is 4.51. The Kier molecular flexibility index (Phi) is 4.54. The summed E-state index contributed by atoms with van der Waals surface area (Å²) in [4.78, 5) is 18.0. The molecule has 1 aromatic heterocycles. The minimum atomic E-state index is -0.775. The molecule has 2 heterocycles. The molecule has 3 atom stereocenters. The molecule has 1 saturated heterocycles. The van der Waals surface area contributed by atoms with Gasteiger partial charge in [0.05, 0.1) is 35.9 Å². The first-order chi connectivity index (χ1) is 9.04. The molecule has 6 heteroatoms. The van der Waals surface area contributed by atoms with E-state index in [9.17, 15) is 9.90 Å². The average Bonchev–Trinajstić information content (AvgIpc) is 2.98. The molecule has 1 aliphatic heterocycles. The monoisotopic (exact) mass is 284 g/mol. The van der Waals surface area contributed by atoms with Gasteiger partial charge >= 0.3 is 5.97 Å². The van der Waals surface area contributed by atoms with Crippen molar-refractivity contribution in [2.24, 2.45) is 5.92 Å². The molecule has 0 spiro atoms. The lowest BCUT2D eigenvalue weighted by molar-refractivity contribution is -0.143. The van der Waals surface area contributed by atoms with E-state index in [2.05, 4.69) is 16.8 Å². The summed E-state index contributed by atoms with van der Waals surface area (Å²) in [5, 5.41) is 12.4. The summed E-state index contributed by atoms with van der Waals surface area (Å²) in [7, 11) is 0. The fourth-order valence-corrected chi connectivity index (χ4v) is 3.34. The third kappa shape index (κ3) is 2.96. The van der Waals surface area contributed by atoms with Gasteiger partial charge in [0.25, 0.3) is 0 Å². The summed E-state index contributed by atoms with van der Waals surface area (Å²) in [6.07, 6.45) is 0. The van der Waals surface area contributed by atoms with Crippen LogP contribution in [0, 0.1) is 12.8 Å². The molecule has 1 aromatic rings. The Morgan fingerprint density at radius 3 is 2.95 bits per heavy atom. The second kappa shape index (κ2) is 5.98. The third-order valence-electron chi connectivity index (χ3n) is 3.72. The van der Waals surface area contributed by atoms with E-state index in [-0.39, 0.29) is 12.1 Å². The summed E-state index contributed by atoms with van der Waals surface area (Å²) in [5.41, 5.74) is 1.01. The molecule has 2 rings (SSSR count). The van der Waals surface area contributed by atoms with Gasteiger partial charge in [-0.25, -0.2) is 4.98 Å². The molecule has 0 amide bonds. The predicted molar refractivity (Wildman–Crippen MR) is 73.4 cm³/mol. The zero-order valence-corrected chi connectivity index (χ0v) is 12.3. The number of carboxylic acid groups (broad SMARTS) is 1. The van der Waals surface area contributed by atoms with Crippen LogP contribution in [0.4, 0.5) is 0 Å². The topological polar surface area (TPSA) is 62.7 Å². The number of nitrogens with zero attached hydrogens (tertiary/aromatic N) is 2. The summed E-state index contributed by atoms with van der Waals surface area (Å²) in [5.74, 6) is -1.22. The van der Waals surface area contributed by atoms with Gasteiger partial charge in [0.15, 0.2) is 0 Å². The molecule has 0 bridgehead atoms. The van der Waals surface area contributed by atoms with Gasteiger partial charge in [-0.05, 0) is 20.4 Å². The van der Waals surface area contributed by atoms with Gasteiger partial charge in [-0.3, -0.25) is 9.69 Å². The molecule has 5 nitrogen and oxygen atoms in total. The van der Waals surface area contributed by atoms with E-state index in [1.165, 1.54) is 0 Å². The minimum Gasteiger partial charge on any atom is -0.481 e. The Hall–Kier alpha value is -0.980. The highest BCUT2D eigenvalue weighted by atomic mass is 32.1. The molecule has 19 heavy (non-hydrogen) atoms. The van der Waals surface area contributed by atoms with E-state index in [1.54, 1.807) is 11.3 Å². The Morgan fingerprint density at radius 2 is 2.42 bits per heavy atom. The second-order valence-corrected chi connectivity index (χ2v) is 5.91. The van der Waals surface area contributed by atoms with Crippen molar-refractivity contribution in [1.82, 2.24) is 9.88 Å². The number of carbonyl (C=O) groups is 1. The molecule has 106 valence electrons. The average molecular weight is 284 g/mol. The van der Waals surface area contributed by atoms with Crippen LogP contribution in [0.2, 0.25) is 0 Å². The van der Waals surface area contributed by atoms with Crippen molar-refractivity contribution in [3.63, 3.8) is 0 Å². The fraction of sp³-hybridized carbons (Fsp3) is 0.692. The maximum atomic E-state index is 11.3. The van der Waals surface area contributed by atoms with Gasteiger partial charge in [-0.1, -0.05) is 6.92 Å². The number of carboxylic acids is 1. The highest BCUT2D eigenvalue weighted by molar-refractivity contribution is 7.09. The van der Waals surface area contributed by atoms with Gasteiger partial charge in [-0.15, -0.1) is 11.3 Å². The molecule has 0 radical (unpaired) electrons. The summed E-state index contributed by atoms with van der Waals surface area (Å²) in [6.45, 7) is 7.69. The van der Waals surface area contributed by atoms with Crippen molar-refractivity contribution in [1.29, 1.82) is 0 Å². The zero-order valence-electron chi connectivity index (χ0n) is 11.5. The standard InChI is InChI=1S/C13H20N2O3S/c1-4-15(8(2)11-7-19-9(3)14-11)12-6-18-5-10(12)13(16)17/h7-8,10,12H,4-6H2,1-3H3,(H,16,17). The first kappa shape index (κ1) is 14.4. The van der Waals surface area contributed by atoms with Crippen molar-refractivity contribution < 1.29 is 14.6 Å². The van der Waals surface area contributed by atoms with E-state index in [1.807, 2.05) is 19.2 Å². The number of likely N-dealkylation sites (N-methyl/N-ethyl adjacent to an activating group) is 1. The number of aliphatic carboxylic acids is 1. The Balaban J connectivity index is 2.17. The molecule has 1 fully saturated rings. The van der Waals surface area contributed by atoms with E-state index in [0.717, 1.165) is 17.2 Å². The van der Waals surface area contributed by atoms with Crippen LogP contribution in [0.15, 0.2) is 5.38 Å². The highest BCUT2D eigenvalue weighted by Crippen LogP contribution is 2.29. The lowest BCUT2D eigenvalue weighted by Gasteiger charge is -2.33. The van der Waals surface area contributed by atoms with Gasteiger partial charge in [0, 0.05) is 11.4 Å². The molecule has 1 N–H and O–H groups in total. The largest absolute Gasteiger partial charge is 0.481 e. The second-order valence-electron chi connectivity index (χ2n) is 4.85. The highest BCUT2D eigenvalue weighted by Gasteiger charge is 2.39. The maximum Gasteiger partial charge on any atom is 0.310 e. The smallest absolute Gasteiger partial charge is 0.310 e. The van der Waals surface area contributed by atoms with Crippen LogP contribution in [-0.2, 0) is 9.53 Å².